The molecular formula is C13H22N2O2. The third-order valence-electron chi connectivity index (χ3n) is 3.43. The zero-order valence-corrected chi connectivity index (χ0v) is 10.9. The van der Waals surface area contributed by atoms with Crippen LogP contribution in [-0.4, -0.2) is 20.9 Å². The van der Waals surface area contributed by atoms with Gasteiger partial charge in [-0.1, -0.05) is 26.7 Å². The van der Waals surface area contributed by atoms with Crippen LogP contribution in [0, 0.1) is 5.41 Å². The SMILES string of the molecule is CCCCC(CC)(Cc1ccn(C)n1)C(=O)O. The molecule has 0 aliphatic carbocycles. The Morgan fingerprint density at radius 2 is 2.24 bits per heavy atom. The Kier molecular flexibility index (Phi) is 4.73. The van der Waals surface area contributed by atoms with E-state index in [1.165, 1.54) is 0 Å². The summed E-state index contributed by atoms with van der Waals surface area (Å²) < 4.78 is 1.72. The molecule has 0 bridgehead atoms. The largest absolute Gasteiger partial charge is 0.481 e. The minimum absolute atomic E-state index is 0.527. The van der Waals surface area contributed by atoms with Crippen molar-refractivity contribution in [1.29, 1.82) is 0 Å². The lowest BCUT2D eigenvalue weighted by atomic mass is 9.76. The summed E-state index contributed by atoms with van der Waals surface area (Å²) in [5.41, 5.74) is 0.220. The van der Waals surface area contributed by atoms with Crippen molar-refractivity contribution in [3.8, 4) is 0 Å². The molecule has 1 rings (SSSR count). The second-order valence-electron chi connectivity index (χ2n) is 4.70. The van der Waals surface area contributed by atoms with Crippen molar-refractivity contribution < 1.29 is 9.90 Å². The molecule has 0 aliphatic heterocycles. The Morgan fingerprint density at radius 1 is 1.53 bits per heavy atom. The van der Waals surface area contributed by atoms with Crippen molar-refractivity contribution in [1.82, 2.24) is 9.78 Å². The Hall–Kier alpha value is -1.32. The summed E-state index contributed by atoms with van der Waals surface area (Å²) in [5.74, 6) is -0.695. The number of aryl methyl sites for hydroxylation is 1. The summed E-state index contributed by atoms with van der Waals surface area (Å²) >= 11 is 0. The first kappa shape index (κ1) is 13.7. The van der Waals surface area contributed by atoms with E-state index in [-0.39, 0.29) is 0 Å². The first-order valence-electron chi connectivity index (χ1n) is 6.26. The second-order valence-corrected chi connectivity index (χ2v) is 4.70. The molecule has 0 fully saturated rings. The minimum Gasteiger partial charge on any atom is -0.481 e. The van der Waals surface area contributed by atoms with E-state index in [0.717, 1.165) is 25.0 Å². The number of nitrogens with zero attached hydrogens (tertiary/aromatic N) is 2. The van der Waals surface area contributed by atoms with Gasteiger partial charge in [0, 0.05) is 19.7 Å². The summed E-state index contributed by atoms with van der Waals surface area (Å²) in [4.78, 5) is 11.5. The van der Waals surface area contributed by atoms with Crippen LogP contribution < -0.4 is 0 Å². The summed E-state index contributed by atoms with van der Waals surface area (Å²) in [6.07, 6.45) is 5.74. The van der Waals surface area contributed by atoms with Gasteiger partial charge in [0.15, 0.2) is 0 Å². The highest BCUT2D eigenvalue weighted by molar-refractivity contribution is 5.74. The van der Waals surface area contributed by atoms with E-state index < -0.39 is 11.4 Å². The lowest BCUT2D eigenvalue weighted by Gasteiger charge is -2.27. The number of hydrogen-bond donors (Lipinski definition) is 1. The van der Waals surface area contributed by atoms with Gasteiger partial charge < -0.3 is 5.11 Å². The number of carboxylic acids is 1. The number of unbranched alkanes of at least 4 members (excludes halogenated alkanes) is 1. The Morgan fingerprint density at radius 3 is 2.65 bits per heavy atom. The fourth-order valence-corrected chi connectivity index (χ4v) is 2.14. The van der Waals surface area contributed by atoms with Crippen LogP contribution in [0.25, 0.3) is 0 Å². The normalized spacial score (nSPS) is 14.5. The van der Waals surface area contributed by atoms with E-state index in [2.05, 4.69) is 12.0 Å². The van der Waals surface area contributed by atoms with Crippen molar-refractivity contribution in [2.45, 2.75) is 46.0 Å². The van der Waals surface area contributed by atoms with Gasteiger partial charge in [-0.05, 0) is 18.9 Å². The molecule has 1 N–H and O–H groups in total. The molecule has 17 heavy (non-hydrogen) atoms. The van der Waals surface area contributed by atoms with E-state index in [0.29, 0.717) is 12.8 Å². The van der Waals surface area contributed by atoms with Crippen LogP contribution in [0.4, 0.5) is 0 Å². The van der Waals surface area contributed by atoms with Crippen molar-refractivity contribution in [3.63, 3.8) is 0 Å². The van der Waals surface area contributed by atoms with Gasteiger partial charge in [-0.3, -0.25) is 9.48 Å². The lowest BCUT2D eigenvalue weighted by Crippen LogP contribution is -2.33. The van der Waals surface area contributed by atoms with E-state index in [4.69, 9.17) is 0 Å². The van der Waals surface area contributed by atoms with Crippen molar-refractivity contribution in [2.24, 2.45) is 12.5 Å². The first-order valence-corrected chi connectivity index (χ1v) is 6.26. The van der Waals surface area contributed by atoms with Crippen LogP contribution in [0.3, 0.4) is 0 Å². The van der Waals surface area contributed by atoms with Gasteiger partial charge >= 0.3 is 5.97 Å². The zero-order valence-electron chi connectivity index (χ0n) is 10.9. The maximum absolute atomic E-state index is 11.5. The van der Waals surface area contributed by atoms with Gasteiger partial charge in [0.25, 0.3) is 0 Å². The maximum Gasteiger partial charge on any atom is 0.310 e. The average Bonchev–Trinajstić information content (AvgIpc) is 2.69. The predicted molar refractivity (Wildman–Crippen MR) is 66.8 cm³/mol. The molecule has 4 nitrogen and oxygen atoms in total. The van der Waals surface area contributed by atoms with Gasteiger partial charge in [0.05, 0.1) is 11.1 Å². The van der Waals surface area contributed by atoms with Gasteiger partial charge in [0.2, 0.25) is 0 Å². The Labute approximate surface area is 103 Å². The molecule has 4 heteroatoms. The number of aliphatic carboxylic acids is 1. The van der Waals surface area contributed by atoms with Gasteiger partial charge in [-0.25, -0.2) is 0 Å². The molecule has 1 aromatic rings. The third kappa shape index (κ3) is 3.32. The molecule has 96 valence electrons. The fourth-order valence-electron chi connectivity index (χ4n) is 2.14. The Balaban J connectivity index is 2.85. The molecule has 0 amide bonds. The summed E-state index contributed by atoms with van der Waals surface area (Å²) in [6.45, 7) is 4.04. The highest BCUT2D eigenvalue weighted by atomic mass is 16.4. The number of carbonyl (C=O) groups is 1. The smallest absolute Gasteiger partial charge is 0.310 e. The molecule has 0 aromatic carbocycles. The van der Waals surface area contributed by atoms with Crippen molar-refractivity contribution >= 4 is 5.97 Å². The second kappa shape index (κ2) is 5.84. The first-order chi connectivity index (χ1) is 8.04. The fraction of sp³-hybridized carbons (Fsp3) is 0.692. The molecule has 0 aliphatic rings. The molecule has 0 spiro atoms. The van der Waals surface area contributed by atoms with Gasteiger partial charge in [0.1, 0.15) is 0 Å². The highest BCUT2D eigenvalue weighted by Gasteiger charge is 2.36. The van der Waals surface area contributed by atoms with Crippen LogP contribution in [0.15, 0.2) is 12.3 Å². The molecule has 1 aromatic heterocycles. The summed E-state index contributed by atoms with van der Waals surface area (Å²) in [7, 11) is 1.85. The quantitative estimate of drug-likeness (QED) is 0.794. The van der Waals surface area contributed by atoms with Crippen LogP contribution in [0.2, 0.25) is 0 Å². The number of rotatable bonds is 7. The molecule has 0 saturated heterocycles. The summed E-state index contributed by atoms with van der Waals surface area (Å²) in [5, 5.41) is 13.8. The Bertz CT molecular complexity index is 373. The molecule has 0 radical (unpaired) electrons. The van der Waals surface area contributed by atoms with Gasteiger partial charge in [-0.15, -0.1) is 0 Å². The standard InChI is InChI=1S/C13H22N2O2/c1-4-6-8-13(5-2,12(16)17)10-11-7-9-15(3)14-11/h7,9H,4-6,8,10H2,1-3H3,(H,16,17). The number of hydrogen-bond acceptors (Lipinski definition) is 2. The summed E-state index contributed by atoms with van der Waals surface area (Å²) in [6, 6.07) is 1.90. The topological polar surface area (TPSA) is 55.1 Å². The molecule has 1 unspecified atom stereocenters. The van der Waals surface area contributed by atoms with E-state index >= 15 is 0 Å². The maximum atomic E-state index is 11.5. The molecule has 0 saturated carbocycles. The van der Waals surface area contributed by atoms with E-state index in [1.807, 2.05) is 26.2 Å². The van der Waals surface area contributed by atoms with Gasteiger partial charge in [-0.2, -0.15) is 5.10 Å². The minimum atomic E-state index is -0.695. The zero-order chi connectivity index (χ0) is 12.9. The van der Waals surface area contributed by atoms with Crippen LogP contribution in [-0.2, 0) is 18.3 Å². The van der Waals surface area contributed by atoms with E-state index in [9.17, 15) is 9.90 Å². The number of carboxylic acid groups (broad SMARTS) is 1. The lowest BCUT2D eigenvalue weighted by molar-refractivity contribution is -0.149. The molecular weight excluding hydrogens is 216 g/mol. The number of aromatic nitrogens is 2. The van der Waals surface area contributed by atoms with Crippen molar-refractivity contribution in [2.75, 3.05) is 0 Å². The van der Waals surface area contributed by atoms with Crippen LogP contribution in [0.1, 0.15) is 45.2 Å². The average molecular weight is 238 g/mol. The molecule has 1 heterocycles. The third-order valence-corrected chi connectivity index (χ3v) is 3.43. The van der Waals surface area contributed by atoms with Crippen molar-refractivity contribution in [3.05, 3.63) is 18.0 Å². The van der Waals surface area contributed by atoms with Crippen LogP contribution >= 0.6 is 0 Å². The monoisotopic (exact) mass is 238 g/mol. The van der Waals surface area contributed by atoms with Crippen LogP contribution in [0.5, 0.6) is 0 Å². The highest BCUT2D eigenvalue weighted by Crippen LogP contribution is 2.33. The predicted octanol–water partition coefficient (Wildman–Crippen LogP) is 2.63. The molecule has 1 atom stereocenters. The van der Waals surface area contributed by atoms with E-state index in [1.54, 1.807) is 4.68 Å².